The summed E-state index contributed by atoms with van der Waals surface area (Å²) < 4.78 is 11.3. The number of amides is 1. The van der Waals surface area contributed by atoms with E-state index in [-0.39, 0.29) is 34.3 Å². The van der Waals surface area contributed by atoms with Crippen molar-refractivity contribution < 1.29 is 19.2 Å². The van der Waals surface area contributed by atoms with Crippen molar-refractivity contribution in [2.45, 2.75) is 62.3 Å². The van der Waals surface area contributed by atoms with Gasteiger partial charge in [0.2, 0.25) is 5.82 Å². The van der Waals surface area contributed by atoms with E-state index in [1.54, 1.807) is 28.3 Å². The maximum Gasteiger partial charge on any atom is 0.254 e. The summed E-state index contributed by atoms with van der Waals surface area (Å²) in [5, 5.41) is 25.0. The molecule has 1 aromatic heterocycles. The second kappa shape index (κ2) is 8.05. The number of hydrogen-bond acceptors (Lipinski definition) is 9. The molecule has 1 saturated carbocycles. The summed E-state index contributed by atoms with van der Waals surface area (Å²) in [5.74, 6) is 0.179. The molecule has 6 rings (SSSR count). The second-order valence-electron chi connectivity index (χ2n) is 9.24. The lowest BCUT2D eigenvalue weighted by molar-refractivity contribution is -0.120. The van der Waals surface area contributed by atoms with Crippen LogP contribution in [0.15, 0.2) is 21.6 Å². The zero-order chi connectivity index (χ0) is 23.4. The van der Waals surface area contributed by atoms with E-state index in [1.807, 2.05) is 0 Å². The van der Waals surface area contributed by atoms with Crippen molar-refractivity contribution in [1.82, 2.24) is 10.1 Å². The number of carbonyl (C=O) groups is 1. The summed E-state index contributed by atoms with van der Waals surface area (Å²) in [4.78, 5) is 26.2. The Hall–Kier alpha value is -3.00. The van der Waals surface area contributed by atoms with Gasteiger partial charge >= 0.3 is 0 Å². The van der Waals surface area contributed by atoms with Crippen LogP contribution in [0.25, 0.3) is 0 Å². The molecule has 0 bridgehead atoms. The molecule has 176 valence electrons. The maximum absolute atomic E-state index is 13.9. The third kappa shape index (κ3) is 3.22. The molecule has 34 heavy (non-hydrogen) atoms. The van der Waals surface area contributed by atoms with Crippen LogP contribution >= 0.6 is 11.6 Å². The average molecular weight is 483 g/mol. The molecule has 4 aliphatic rings. The van der Waals surface area contributed by atoms with Crippen molar-refractivity contribution in [2.75, 3.05) is 23.0 Å². The fourth-order valence-corrected chi connectivity index (χ4v) is 5.62. The maximum atomic E-state index is 13.9. The minimum atomic E-state index is -1.10. The van der Waals surface area contributed by atoms with Crippen LogP contribution in [0.2, 0.25) is 5.02 Å². The molecule has 2 aromatic rings. The highest BCUT2D eigenvalue weighted by Gasteiger charge is 2.50. The minimum absolute atomic E-state index is 0.124. The van der Waals surface area contributed by atoms with Crippen molar-refractivity contribution in [3.8, 4) is 6.07 Å². The van der Waals surface area contributed by atoms with E-state index in [0.29, 0.717) is 37.4 Å². The van der Waals surface area contributed by atoms with Crippen LogP contribution in [0.3, 0.4) is 0 Å². The molecule has 3 aliphatic heterocycles. The van der Waals surface area contributed by atoms with Crippen LogP contribution in [0.5, 0.6) is 0 Å². The number of aliphatic imine (C=N–C) groups is 1. The molecule has 4 heterocycles. The number of aliphatic hydroxyl groups is 1. The van der Waals surface area contributed by atoms with Crippen LogP contribution in [0.4, 0.5) is 11.4 Å². The van der Waals surface area contributed by atoms with E-state index >= 15 is 0 Å². The average Bonchev–Trinajstić information content (AvgIpc) is 3.63. The molecule has 2 fully saturated rings. The molecule has 1 aromatic carbocycles. The molecular weight excluding hydrogens is 460 g/mol. The van der Waals surface area contributed by atoms with Gasteiger partial charge in [-0.25, -0.2) is 0 Å². The number of anilines is 2. The van der Waals surface area contributed by atoms with E-state index in [0.717, 1.165) is 25.7 Å². The summed E-state index contributed by atoms with van der Waals surface area (Å²) in [6.07, 6.45) is 6.16. The van der Waals surface area contributed by atoms with Gasteiger partial charge in [-0.05, 0) is 50.7 Å². The Morgan fingerprint density at radius 2 is 2.12 bits per heavy atom. The summed E-state index contributed by atoms with van der Waals surface area (Å²) in [7, 11) is 0. The van der Waals surface area contributed by atoms with Gasteiger partial charge < -0.3 is 24.2 Å². The molecule has 0 radical (unpaired) electrons. The van der Waals surface area contributed by atoms with Gasteiger partial charge in [0.15, 0.2) is 6.04 Å². The first kappa shape index (κ1) is 21.5. The standard InChI is InChI=1S/C23H23ClN6O4/c24-15-5-6-16-18(14(15)10-25)29(11-13-4-3-9-33-13)21(31)19-17(26-12-30(16)19)20-27-22(28-34-20)23(32)7-1-2-8-23/h5-6,12-13,17,19,32H,1-4,7-9,11H2. The Kier molecular flexibility index (Phi) is 5.09. The predicted molar refractivity (Wildman–Crippen MR) is 122 cm³/mol. The van der Waals surface area contributed by atoms with Gasteiger partial charge in [0.05, 0.1) is 40.9 Å². The Morgan fingerprint density at radius 3 is 2.85 bits per heavy atom. The SMILES string of the molecule is N#Cc1c(Cl)ccc2c1N(CC1CCCO1)C(=O)C1C(c3nc(C4(O)CCCC4)no3)N=CN21. The fourth-order valence-electron chi connectivity index (χ4n) is 5.43. The predicted octanol–water partition coefficient (Wildman–Crippen LogP) is 2.84. The van der Waals surface area contributed by atoms with Crippen LogP contribution in [0, 0.1) is 11.3 Å². The molecule has 11 heteroatoms. The summed E-state index contributed by atoms with van der Waals surface area (Å²) >= 11 is 6.34. The summed E-state index contributed by atoms with van der Waals surface area (Å²) in [5.41, 5.74) is 0.260. The highest BCUT2D eigenvalue weighted by Crippen LogP contribution is 2.46. The first-order chi connectivity index (χ1) is 16.5. The molecule has 3 unspecified atom stereocenters. The lowest BCUT2D eigenvalue weighted by atomic mass is 9.98. The van der Waals surface area contributed by atoms with Crippen LogP contribution in [0.1, 0.15) is 61.8 Å². The largest absolute Gasteiger partial charge is 0.382 e. The number of hydrogen-bond donors (Lipinski definition) is 1. The first-order valence-electron chi connectivity index (χ1n) is 11.5. The number of ether oxygens (including phenoxy) is 1. The Bertz CT molecular complexity index is 1210. The van der Waals surface area contributed by atoms with E-state index < -0.39 is 17.7 Å². The normalized spacial score (nSPS) is 27.2. The van der Waals surface area contributed by atoms with Gasteiger partial charge in [-0.2, -0.15) is 10.2 Å². The fraction of sp³-hybridized carbons (Fsp3) is 0.522. The molecule has 1 saturated heterocycles. The molecule has 0 spiro atoms. The van der Waals surface area contributed by atoms with Gasteiger partial charge in [0.1, 0.15) is 17.7 Å². The van der Waals surface area contributed by atoms with E-state index in [2.05, 4.69) is 21.2 Å². The van der Waals surface area contributed by atoms with Crippen LogP contribution in [-0.2, 0) is 15.1 Å². The van der Waals surface area contributed by atoms with Crippen molar-refractivity contribution in [1.29, 1.82) is 5.26 Å². The van der Waals surface area contributed by atoms with E-state index in [1.165, 1.54) is 0 Å². The number of aromatic nitrogens is 2. The van der Waals surface area contributed by atoms with Gasteiger partial charge in [-0.15, -0.1) is 0 Å². The lowest BCUT2D eigenvalue weighted by Gasteiger charge is -2.40. The molecule has 1 N–H and O–H groups in total. The monoisotopic (exact) mass is 482 g/mol. The first-order valence-corrected chi connectivity index (χ1v) is 11.9. The molecule has 1 amide bonds. The van der Waals surface area contributed by atoms with Crippen molar-refractivity contribution in [3.63, 3.8) is 0 Å². The van der Waals surface area contributed by atoms with Crippen molar-refractivity contribution in [2.24, 2.45) is 4.99 Å². The Balaban J connectivity index is 1.39. The van der Waals surface area contributed by atoms with Gasteiger partial charge in [0.25, 0.3) is 11.8 Å². The number of fused-ring (bicyclic) bond motifs is 3. The highest BCUT2D eigenvalue weighted by atomic mass is 35.5. The smallest absolute Gasteiger partial charge is 0.254 e. The molecule has 1 aliphatic carbocycles. The zero-order valence-corrected chi connectivity index (χ0v) is 19.1. The van der Waals surface area contributed by atoms with Gasteiger partial charge in [-0.3, -0.25) is 9.79 Å². The van der Waals surface area contributed by atoms with Crippen LogP contribution < -0.4 is 9.80 Å². The van der Waals surface area contributed by atoms with E-state index in [9.17, 15) is 15.2 Å². The topological polar surface area (TPSA) is 128 Å². The highest BCUT2D eigenvalue weighted by molar-refractivity contribution is 6.33. The number of carbonyl (C=O) groups excluding carboxylic acids is 1. The number of rotatable bonds is 4. The number of halogens is 1. The van der Waals surface area contributed by atoms with Gasteiger partial charge in [-0.1, -0.05) is 16.8 Å². The zero-order valence-electron chi connectivity index (χ0n) is 18.4. The second-order valence-corrected chi connectivity index (χ2v) is 9.65. The Labute approximate surface area is 200 Å². The third-order valence-electron chi connectivity index (χ3n) is 7.19. The quantitative estimate of drug-likeness (QED) is 0.704. The summed E-state index contributed by atoms with van der Waals surface area (Å²) in [6.45, 7) is 0.960. The van der Waals surface area contributed by atoms with E-state index in [4.69, 9.17) is 20.9 Å². The third-order valence-corrected chi connectivity index (χ3v) is 7.50. The minimum Gasteiger partial charge on any atom is -0.382 e. The summed E-state index contributed by atoms with van der Waals surface area (Å²) in [6, 6.07) is 4.10. The molecular formula is C23H23ClN6O4. The van der Waals surface area contributed by atoms with Crippen molar-refractivity contribution >= 4 is 35.2 Å². The number of benzene rings is 1. The van der Waals surface area contributed by atoms with Gasteiger partial charge in [0, 0.05) is 6.61 Å². The van der Waals surface area contributed by atoms with Crippen molar-refractivity contribution in [3.05, 3.63) is 34.4 Å². The lowest BCUT2D eigenvalue weighted by Crippen LogP contribution is -2.54. The van der Waals surface area contributed by atoms with Crippen LogP contribution in [-0.4, -0.2) is 52.8 Å². The number of nitrogens with zero attached hydrogens (tertiary/aromatic N) is 6. The number of nitriles is 1. The Morgan fingerprint density at radius 1 is 1.29 bits per heavy atom. The molecule has 3 atom stereocenters. The molecule has 10 nitrogen and oxygen atoms in total.